The number of hydrogen-bond donors (Lipinski definition) is 2. The number of fused-ring (bicyclic) bond motifs is 1. The van der Waals surface area contributed by atoms with Gasteiger partial charge < -0.3 is 15.5 Å². The molecule has 0 fully saturated rings. The lowest BCUT2D eigenvalue weighted by Crippen LogP contribution is -2.34. The van der Waals surface area contributed by atoms with E-state index >= 15 is 0 Å². The van der Waals surface area contributed by atoms with E-state index in [-0.39, 0.29) is 5.91 Å². The third-order valence-electron chi connectivity index (χ3n) is 5.51. The number of unbranched alkanes of at least 4 members (excludes halogenated alkanes) is 1. The van der Waals surface area contributed by atoms with Gasteiger partial charge in [-0.1, -0.05) is 13.3 Å². The predicted octanol–water partition coefficient (Wildman–Crippen LogP) is 4.89. The highest BCUT2D eigenvalue weighted by Crippen LogP contribution is 2.25. The minimum atomic E-state index is -0.0716. The van der Waals surface area contributed by atoms with E-state index in [9.17, 15) is 4.79 Å². The third kappa shape index (κ3) is 5.43. The van der Waals surface area contributed by atoms with Gasteiger partial charge in [0.15, 0.2) is 5.11 Å². The number of nitrogens with one attached hydrogen (secondary N) is 2. The fourth-order valence-corrected chi connectivity index (χ4v) is 3.86. The first-order chi connectivity index (χ1) is 15.4. The zero-order valence-electron chi connectivity index (χ0n) is 19.5. The Hall–Kier alpha value is -3.00. The molecule has 0 aliphatic heterocycles. The van der Waals surface area contributed by atoms with E-state index in [0.717, 1.165) is 59.5 Å². The number of amides is 1. The number of carbonyl (C=O) groups excluding carboxylic acids is 1. The van der Waals surface area contributed by atoms with Crippen molar-refractivity contribution in [3.05, 3.63) is 41.5 Å². The first-order valence-electron chi connectivity index (χ1n) is 11.2. The van der Waals surface area contributed by atoms with Gasteiger partial charge in [-0.15, -0.1) is 10.2 Å². The predicted molar refractivity (Wildman–Crippen MR) is 136 cm³/mol. The number of aryl methyl sites for hydroxylation is 2. The highest BCUT2D eigenvalue weighted by atomic mass is 32.1. The molecular weight excluding hydrogens is 420 g/mol. The zero-order chi connectivity index (χ0) is 23.3. The fraction of sp³-hybridized carbons (Fsp3) is 0.417. The molecule has 0 aliphatic rings. The van der Waals surface area contributed by atoms with Gasteiger partial charge in [-0.2, -0.15) is 4.80 Å². The summed E-state index contributed by atoms with van der Waals surface area (Å²) >= 11 is 5.31. The van der Waals surface area contributed by atoms with E-state index in [0.29, 0.717) is 11.5 Å². The molecule has 3 rings (SSSR count). The quantitative estimate of drug-likeness (QED) is 0.474. The van der Waals surface area contributed by atoms with Gasteiger partial charge in [0.1, 0.15) is 11.0 Å². The van der Waals surface area contributed by atoms with E-state index in [2.05, 4.69) is 66.5 Å². The van der Waals surface area contributed by atoms with Crippen LogP contribution < -0.4 is 15.5 Å². The highest BCUT2D eigenvalue weighted by molar-refractivity contribution is 7.80. The first-order valence-corrected chi connectivity index (χ1v) is 11.6. The largest absolute Gasteiger partial charge is 0.372 e. The van der Waals surface area contributed by atoms with E-state index < -0.39 is 0 Å². The standard InChI is InChI=1S/C24H32N6OS/c1-6-9-10-23(31)26-24(32)25-19-15-21-20(14-16(19)4)27-30(28-21)22-12-11-18(13-17(22)5)29(7-2)8-3/h11-15H,6-10H2,1-5H3,(H2,25,26,31,32). The Morgan fingerprint density at radius 2 is 1.72 bits per heavy atom. The number of aromatic nitrogens is 3. The van der Waals surface area contributed by atoms with Gasteiger partial charge in [-0.3, -0.25) is 4.79 Å². The molecule has 170 valence electrons. The van der Waals surface area contributed by atoms with Crippen LogP contribution in [0.1, 0.15) is 51.2 Å². The van der Waals surface area contributed by atoms with Crippen LogP contribution in [-0.2, 0) is 4.79 Å². The number of carbonyl (C=O) groups is 1. The van der Waals surface area contributed by atoms with Gasteiger partial charge in [0.2, 0.25) is 5.91 Å². The highest BCUT2D eigenvalue weighted by Gasteiger charge is 2.13. The van der Waals surface area contributed by atoms with Crippen LogP contribution in [0.3, 0.4) is 0 Å². The third-order valence-corrected chi connectivity index (χ3v) is 5.71. The van der Waals surface area contributed by atoms with Crippen molar-refractivity contribution in [1.29, 1.82) is 0 Å². The first kappa shape index (κ1) is 23.7. The molecular formula is C24H32N6OS. The average molecular weight is 453 g/mol. The summed E-state index contributed by atoms with van der Waals surface area (Å²) in [6.07, 6.45) is 2.28. The number of benzene rings is 2. The van der Waals surface area contributed by atoms with Gasteiger partial charge >= 0.3 is 0 Å². The minimum Gasteiger partial charge on any atom is -0.372 e. The Labute approximate surface area is 195 Å². The Balaban J connectivity index is 1.82. The van der Waals surface area contributed by atoms with Crippen molar-refractivity contribution in [3.63, 3.8) is 0 Å². The molecule has 0 unspecified atom stereocenters. The molecule has 8 heteroatoms. The molecule has 3 aromatic rings. The molecule has 0 aliphatic carbocycles. The second-order valence-electron chi connectivity index (χ2n) is 7.89. The van der Waals surface area contributed by atoms with Crippen LogP contribution in [0.5, 0.6) is 0 Å². The molecule has 0 bridgehead atoms. The molecule has 0 spiro atoms. The lowest BCUT2D eigenvalue weighted by atomic mass is 10.1. The molecule has 0 radical (unpaired) electrons. The number of nitrogens with zero attached hydrogens (tertiary/aromatic N) is 4. The second-order valence-corrected chi connectivity index (χ2v) is 8.30. The van der Waals surface area contributed by atoms with Gasteiger partial charge in [0, 0.05) is 30.9 Å². The van der Waals surface area contributed by atoms with Gasteiger partial charge in [-0.25, -0.2) is 0 Å². The van der Waals surface area contributed by atoms with Crippen molar-refractivity contribution < 1.29 is 4.79 Å². The van der Waals surface area contributed by atoms with Crippen LogP contribution in [0.25, 0.3) is 16.7 Å². The van der Waals surface area contributed by atoms with Crippen molar-refractivity contribution in [2.45, 2.75) is 53.9 Å². The lowest BCUT2D eigenvalue weighted by molar-refractivity contribution is -0.119. The summed E-state index contributed by atoms with van der Waals surface area (Å²) in [5.74, 6) is -0.0716. The average Bonchev–Trinajstić information content (AvgIpc) is 3.15. The molecule has 0 saturated carbocycles. The monoisotopic (exact) mass is 452 g/mol. The maximum absolute atomic E-state index is 11.9. The normalized spacial score (nSPS) is 10.9. The Morgan fingerprint density at radius 3 is 2.34 bits per heavy atom. The Kier molecular flexibility index (Phi) is 7.80. The van der Waals surface area contributed by atoms with Crippen LogP contribution in [0.2, 0.25) is 0 Å². The van der Waals surface area contributed by atoms with Crippen LogP contribution >= 0.6 is 12.2 Å². The van der Waals surface area contributed by atoms with Crippen LogP contribution in [0.4, 0.5) is 11.4 Å². The van der Waals surface area contributed by atoms with Crippen molar-refractivity contribution >= 4 is 45.6 Å². The molecule has 2 N–H and O–H groups in total. The second kappa shape index (κ2) is 10.5. The van der Waals surface area contributed by atoms with Gasteiger partial charge in [-0.05, 0) is 87.8 Å². The van der Waals surface area contributed by atoms with Crippen molar-refractivity contribution in [1.82, 2.24) is 20.3 Å². The molecule has 0 saturated heterocycles. The zero-order valence-corrected chi connectivity index (χ0v) is 20.3. The molecule has 0 atom stereocenters. The summed E-state index contributed by atoms with van der Waals surface area (Å²) in [5.41, 5.74) is 6.60. The van der Waals surface area contributed by atoms with Crippen LogP contribution in [0, 0.1) is 13.8 Å². The van der Waals surface area contributed by atoms with E-state index in [1.54, 1.807) is 4.80 Å². The maximum atomic E-state index is 11.9. The molecule has 1 heterocycles. The summed E-state index contributed by atoms with van der Waals surface area (Å²) in [7, 11) is 0. The van der Waals surface area contributed by atoms with Crippen molar-refractivity contribution in [3.8, 4) is 5.69 Å². The van der Waals surface area contributed by atoms with Crippen molar-refractivity contribution in [2.24, 2.45) is 0 Å². The lowest BCUT2D eigenvalue weighted by Gasteiger charge is -2.22. The van der Waals surface area contributed by atoms with E-state index in [4.69, 9.17) is 17.3 Å². The van der Waals surface area contributed by atoms with E-state index in [1.807, 2.05) is 19.1 Å². The Bertz CT molecular complexity index is 1120. The summed E-state index contributed by atoms with van der Waals surface area (Å²) in [6, 6.07) is 10.2. The van der Waals surface area contributed by atoms with Crippen LogP contribution in [-0.4, -0.2) is 39.1 Å². The van der Waals surface area contributed by atoms with Gasteiger partial charge in [0.05, 0.1) is 5.69 Å². The topological polar surface area (TPSA) is 75.1 Å². The van der Waals surface area contributed by atoms with Gasteiger partial charge in [0.25, 0.3) is 0 Å². The number of thiocarbonyl (C=S) groups is 1. The maximum Gasteiger partial charge on any atom is 0.226 e. The molecule has 2 aromatic carbocycles. The number of rotatable bonds is 8. The minimum absolute atomic E-state index is 0.0716. The Morgan fingerprint density at radius 1 is 1.03 bits per heavy atom. The smallest absolute Gasteiger partial charge is 0.226 e. The molecule has 1 aromatic heterocycles. The van der Waals surface area contributed by atoms with Crippen molar-refractivity contribution in [2.75, 3.05) is 23.3 Å². The molecule has 32 heavy (non-hydrogen) atoms. The number of hydrogen-bond acceptors (Lipinski definition) is 5. The fourth-order valence-electron chi connectivity index (χ4n) is 3.64. The van der Waals surface area contributed by atoms with E-state index in [1.165, 1.54) is 5.69 Å². The SMILES string of the molecule is CCCCC(=O)NC(=S)Nc1cc2nn(-c3ccc(N(CC)CC)cc3C)nc2cc1C. The van der Waals surface area contributed by atoms with Crippen LogP contribution in [0.15, 0.2) is 30.3 Å². The summed E-state index contributed by atoms with van der Waals surface area (Å²) in [6.45, 7) is 12.4. The molecule has 7 nitrogen and oxygen atoms in total. The summed E-state index contributed by atoms with van der Waals surface area (Å²) in [5, 5.41) is 15.5. The summed E-state index contributed by atoms with van der Waals surface area (Å²) < 4.78 is 0. The number of anilines is 2. The molecule has 1 amide bonds. The summed E-state index contributed by atoms with van der Waals surface area (Å²) in [4.78, 5) is 15.9.